The van der Waals surface area contributed by atoms with Gasteiger partial charge < -0.3 is 9.47 Å². The quantitative estimate of drug-likeness (QED) is 0.523. The van der Waals surface area contributed by atoms with Gasteiger partial charge in [-0.3, -0.25) is 4.79 Å². The lowest BCUT2D eigenvalue weighted by Crippen LogP contribution is -2.17. The lowest BCUT2D eigenvalue weighted by atomic mass is 10.2. The van der Waals surface area contributed by atoms with Crippen molar-refractivity contribution in [3.8, 4) is 0 Å². The molecule has 0 fully saturated rings. The van der Waals surface area contributed by atoms with Crippen LogP contribution in [-0.4, -0.2) is 31.1 Å². The molecule has 0 aromatic carbocycles. The molecular weight excluding hydrogens is 224 g/mol. The Balaban J connectivity index is 3.58. The van der Waals surface area contributed by atoms with Gasteiger partial charge in [-0.1, -0.05) is 15.9 Å². The number of carbonyl (C=O) groups excluding carboxylic acids is 1. The second-order valence-electron chi connectivity index (χ2n) is 2.56. The first-order chi connectivity index (χ1) is 5.61. The minimum atomic E-state index is -0.204. The third-order valence-corrected chi connectivity index (χ3v) is 2.73. The van der Waals surface area contributed by atoms with Gasteiger partial charge in [-0.2, -0.15) is 0 Å². The van der Waals surface area contributed by atoms with E-state index in [4.69, 9.17) is 9.47 Å². The summed E-state index contributed by atoms with van der Waals surface area (Å²) < 4.78 is 9.95. The first kappa shape index (κ1) is 12.1. The van der Waals surface area contributed by atoms with E-state index >= 15 is 0 Å². The van der Waals surface area contributed by atoms with Crippen molar-refractivity contribution >= 4 is 21.7 Å². The predicted octanol–water partition coefficient (Wildman–Crippen LogP) is 1.74. The highest BCUT2D eigenvalue weighted by Gasteiger charge is 2.13. The molecule has 0 saturated carbocycles. The Bertz CT molecular complexity index is 134. The Kier molecular flexibility index (Phi) is 6.61. The number of Topliss-reactive ketones (excluding diaryl/α,β-unsaturated/α-hetero) is 1. The Morgan fingerprint density at radius 2 is 1.83 bits per heavy atom. The molecule has 0 amide bonds. The van der Waals surface area contributed by atoms with Crippen molar-refractivity contribution in [2.24, 2.45) is 0 Å². The van der Waals surface area contributed by atoms with Gasteiger partial charge in [0, 0.05) is 14.2 Å². The van der Waals surface area contributed by atoms with Gasteiger partial charge in [0.25, 0.3) is 0 Å². The van der Waals surface area contributed by atoms with Crippen LogP contribution in [0.3, 0.4) is 0 Å². The van der Waals surface area contributed by atoms with E-state index in [-0.39, 0.29) is 16.9 Å². The van der Waals surface area contributed by atoms with E-state index in [1.807, 2.05) is 0 Å². The molecule has 0 aliphatic rings. The summed E-state index contributed by atoms with van der Waals surface area (Å²) in [6, 6.07) is 0. The summed E-state index contributed by atoms with van der Waals surface area (Å²) in [6.07, 6.45) is 1.26. The molecule has 0 heterocycles. The molecule has 3 nitrogen and oxygen atoms in total. The second kappa shape index (κ2) is 6.57. The molecule has 0 rings (SSSR count). The normalized spacial score (nSPS) is 13.4. The molecule has 0 aliphatic carbocycles. The van der Waals surface area contributed by atoms with Crippen LogP contribution in [0.15, 0.2) is 0 Å². The predicted molar refractivity (Wildman–Crippen MR) is 50.4 cm³/mol. The van der Waals surface area contributed by atoms with Gasteiger partial charge in [0.05, 0.1) is 4.83 Å². The van der Waals surface area contributed by atoms with Gasteiger partial charge in [-0.05, 0) is 19.8 Å². The van der Waals surface area contributed by atoms with Crippen molar-refractivity contribution < 1.29 is 14.3 Å². The van der Waals surface area contributed by atoms with Crippen molar-refractivity contribution in [2.75, 3.05) is 14.2 Å². The van der Waals surface area contributed by atoms with Crippen LogP contribution in [0.1, 0.15) is 19.8 Å². The zero-order chi connectivity index (χ0) is 9.56. The third-order valence-electron chi connectivity index (χ3n) is 1.62. The summed E-state index contributed by atoms with van der Waals surface area (Å²) in [5.41, 5.74) is 0. The van der Waals surface area contributed by atoms with Crippen LogP contribution >= 0.6 is 15.9 Å². The third kappa shape index (κ3) is 4.85. The number of methoxy groups -OCH3 is 2. The van der Waals surface area contributed by atoms with Crippen LogP contribution in [-0.2, 0) is 14.3 Å². The Labute approximate surface area is 81.6 Å². The number of hydrogen-bond donors (Lipinski definition) is 0. The molecule has 0 radical (unpaired) electrons. The smallest absolute Gasteiger partial charge is 0.156 e. The summed E-state index contributed by atoms with van der Waals surface area (Å²) in [7, 11) is 3.18. The Morgan fingerprint density at radius 3 is 2.17 bits per heavy atom. The molecule has 0 N–H and O–H groups in total. The second-order valence-corrected chi connectivity index (χ2v) is 3.66. The summed E-state index contributed by atoms with van der Waals surface area (Å²) in [5, 5.41) is 0. The molecule has 0 spiro atoms. The maximum Gasteiger partial charge on any atom is 0.156 e. The maximum atomic E-state index is 10.8. The van der Waals surface area contributed by atoms with Crippen molar-refractivity contribution in [2.45, 2.75) is 30.9 Å². The minimum absolute atomic E-state index is 0.0784. The average molecular weight is 239 g/mol. The first-order valence-corrected chi connectivity index (χ1v) is 4.73. The number of hydrogen-bond acceptors (Lipinski definition) is 3. The molecule has 0 aromatic rings. The number of carbonyl (C=O) groups is 1. The molecule has 0 aliphatic heterocycles. The van der Waals surface area contributed by atoms with Gasteiger partial charge in [-0.15, -0.1) is 0 Å². The molecule has 12 heavy (non-hydrogen) atoms. The zero-order valence-electron chi connectivity index (χ0n) is 7.67. The molecular formula is C8H15BrO3. The van der Waals surface area contributed by atoms with E-state index in [9.17, 15) is 4.79 Å². The van der Waals surface area contributed by atoms with Crippen molar-refractivity contribution in [1.29, 1.82) is 0 Å². The highest BCUT2D eigenvalue weighted by atomic mass is 79.9. The van der Waals surface area contributed by atoms with Crippen LogP contribution < -0.4 is 0 Å². The van der Waals surface area contributed by atoms with E-state index in [0.717, 1.165) is 12.8 Å². The molecule has 72 valence electrons. The zero-order valence-corrected chi connectivity index (χ0v) is 9.26. The average Bonchev–Trinajstić information content (AvgIpc) is 2.05. The highest BCUT2D eigenvalue weighted by Crippen LogP contribution is 2.12. The first-order valence-electron chi connectivity index (χ1n) is 3.82. The number of ether oxygens (including phenoxy) is 2. The molecule has 4 heteroatoms. The number of alkyl halides is 1. The summed E-state index contributed by atoms with van der Waals surface area (Å²) in [5.74, 6) is 0.140. The molecule has 0 saturated heterocycles. The lowest BCUT2D eigenvalue weighted by Gasteiger charge is -2.14. The fourth-order valence-electron chi connectivity index (χ4n) is 0.818. The lowest BCUT2D eigenvalue weighted by molar-refractivity contribution is -0.118. The standard InChI is InChI=1S/C8H15BrO3/c1-6(10)7(9)4-5-8(11-2)12-3/h7-8H,4-5H2,1-3H3. The van der Waals surface area contributed by atoms with Crippen LogP contribution in [0, 0.1) is 0 Å². The van der Waals surface area contributed by atoms with Gasteiger partial charge in [0.15, 0.2) is 6.29 Å². The molecule has 1 unspecified atom stereocenters. The topological polar surface area (TPSA) is 35.5 Å². The number of halogens is 1. The monoisotopic (exact) mass is 238 g/mol. The van der Waals surface area contributed by atoms with Crippen LogP contribution in [0.25, 0.3) is 0 Å². The number of rotatable bonds is 6. The SMILES string of the molecule is COC(CCC(Br)C(C)=O)OC. The van der Waals surface area contributed by atoms with E-state index < -0.39 is 0 Å². The summed E-state index contributed by atoms with van der Waals surface area (Å²) in [4.78, 5) is 10.7. The van der Waals surface area contributed by atoms with Gasteiger partial charge in [-0.25, -0.2) is 0 Å². The van der Waals surface area contributed by atoms with E-state index in [0.29, 0.717) is 0 Å². The van der Waals surface area contributed by atoms with Gasteiger partial charge in [0.2, 0.25) is 0 Å². The van der Waals surface area contributed by atoms with Crippen LogP contribution in [0.2, 0.25) is 0 Å². The highest BCUT2D eigenvalue weighted by molar-refractivity contribution is 9.10. The van der Waals surface area contributed by atoms with Crippen LogP contribution in [0.4, 0.5) is 0 Å². The van der Waals surface area contributed by atoms with E-state index in [1.165, 1.54) is 0 Å². The number of ketones is 1. The summed E-state index contributed by atoms with van der Waals surface area (Å²) in [6.45, 7) is 1.56. The molecule has 0 bridgehead atoms. The Morgan fingerprint density at radius 1 is 1.33 bits per heavy atom. The van der Waals surface area contributed by atoms with Crippen LogP contribution in [0.5, 0.6) is 0 Å². The van der Waals surface area contributed by atoms with Gasteiger partial charge in [0.1, 0.15) is 5.78 Å². The van der Waals surface area contributed by atoms with E-state index in [1.54, 1.807) is 21.1 Å². The summed E-state index contributed by atoms with van der Waals surface area (Å²) >= 11 is 3.27. The fourth-order valence-corrected chi connectivity index (χ4v) is 1.08. The van der Waals surface area contributed by atoms with Gasteiger partial charge >= 0.3 is 0 Å². The fraction of sp³-hybridized carbons (Fsp3) is 0.875. The largest absolute Gasteiger partial charge is 0.356 e. The van der Waals surface area contributed by atoms with Crippen molar-refractivity contribution in [3.05, 3.63) is 0 Å². The van der Waals surface area contributed by atoms with Crippen molar-refractivity contribution in [1.82, 2.24) is 0 Å². The van der Waals surface area contributed by atoms with Crippen molar-refractivity contribution in [3.63, 3.8) is 0 Å². The molecule has 1 atom stereocenters. The maximum absolute atomic E-state index is 10.8. The Hall–Kier alpha value is 0.0700. The minimum Gasteiger partial charge on any atom is -0.356 e. The molecule has 0 aromatic heterocycles. The van der Waals surface area contributed by atoms with E-state index in [2.05, 4.69) is 15.9 Å².